The number of rotatable bonds is 9. The second kappa shape index (κ2) is 10.6. The summed E-state index contributed by atoms with van der Waals surface area (Å²) in [5.74, 6) is 1.78. The standard InChI is InChI=1S/C30H31F3N2O/c1-5-16-36-25-14-15-28-27(18-25)34-29(21(4)23-12-10-22(11-13-23)17-20(2)3)35(28)19-24-8-6-7-9-26(24)30(31,32)33/h5-15,18,20-21H,1,16-17,19H2,2-4H3. The molecule has 1 atom stereocenters. The summed E-state index contributed by atoms with van der Waals surface area (Å²) in [5, 5.41) is 0. The van der Waals surface area contributed by atoms with Crippen LogP contribution in [0.15, 0.2) is 79.4 Å². The van der Waals surface area contributed by atoms with E-state index in [2.05, 4.69) is 44.7 Å². The molecule has 0 radical (unpaired) electrons. The predicted molar refractivity (Wildman–Crippen MR) is 138 cm³/mol. The van der Waals surface area contributed by atoms with Crippen LogP contribution in [0.2, 0.25) is 0 Å². The van der Waals surface area contributed by atoms with Gasteiger partial charge in [0.15, 0.2) is 0 Å². The molecule has 4 rings (SSSR count). The number of hydrogen-bond acceptors (Lipinski definition) is 2. The van der Waals surface area contributed by atoms with Gasteiger partial charge in [-0.05, 0) is 47.2 Å². The number of imidazole rings is 1. The Bertz CT molecular complexity index is 1340. The zero-order chi connectivity index (χ0) is 25.9. The maximum atomic E-state index is 13.8. The lowest BCUT2D eigenvalue weighted by Crippen LogP contribution is -2.14. The highest BCUT2D eigenvalue weighted by Crippen LogP contribution is 2.35. The predicted octanol–water partition coefficient (Wildman–Crippen LogP) is 8.02. The van der Waals surface area contributed by atoms with Crippen molar-refractivity contribution in [2.24, 2.45) is 5.92 Å². The van der Waals surface area contributed by atoms with Crippen molar-refractivity contribution in [1.29, 1.82) is 0 Å². The molecule has 4 aromatic rings. The molecule has 0 aliphatic carbocycles. The maximum Gasteiger partial charge on any atom is 0.416 e. The smallest absolute Gasteiger partial charge is 0.416 e. The SMILES string of the molecule is C=CCOc1ccc2c(c1)nc(C(C)c1ccc(CC(C)C)cc1)n2Cc1ccccc1C(F)(F)F. The first-order valence-corrected chi connectivity index (χ1v) is 12.1. The van der Waals surface area contributed by atoms with Gasteiger partial charge < -0.3 is 9.30 Å². The Morgan fingerprint density at radius 1 is 1.00 bits per heavy atom. The topological polar surface area (TPSA) is 27.1 Å². The quantitative estimate of drug-likeness (QED) is 0.221. The normalized spacial score (nSPS) is 12.8. The summed E-state index contributed by atoms with van der Waals surface area (Å²) in [6.07, 6.45) is -1.78. The molecule has 0 N–H and O–H groups in total. The van der Waals surface area contributed by atoms with E-state index >= 15 is 0 Å². The summed E-state index contributed by atoms with van der Waals surface area (Å²) in [5.41, 5.74) is 3.34. The average molecular weight is 493 g/mol. The first-order chi connectivity index (χ1) is 17.2. The minimum Gasteiger partial charge on any atom is -0.489 e. The van der Waals surface area contributed by atoms with Crippen molar-refractivity contribution in [3.8, 4) is 5.75 Å². The Hall–Kier alpha value is -3.54. The van der Waals surface area contributed by atoms with Gasteiger partial charge in [-0.3, -0.25) is 0 Å². The first kappa shape index (κ1) is 25.5. The van der Waals surface area contributed by atoms with Crippen LogP contribution in [0.4, 0.5) is 13.2 Å². The lowest BCUT2D eigenvalue weighted by atomic mass is 9.96. The number of halogens is 3. The molecule has 188 valence electrons. The molecular weight excluding hydrogens is 461 g/mol. The van der Waals surface area contributed by atoms with Gasteiger partial charge in [-0.2, -0.15) is 13.2 Å². The highest BCUT2D eigenvalue weighted by atomic mass is 19.4. The first-order valence-electron chi connectivity index (χ1n) is 12.1. The Kier molecular flexibility index (Phi) is 7.53. The molecule has 6 heteroatoms. The number of benzene rings is 3. The lowest BCUT2D eigenvalue weighted by Gasteiger charge is -2.18. The third kappa shape index (κ3) is 5.64. The largest absolute Gasteiger partial charge is 0.489 e. The van der Waals surface area contributed by atoms with Crippen molar-refractivity contribution in [2.45, 2.75) is 45.8 Å². The van der Waals surface area contributed by atoms with E-state index < -0.39 is 11.7 Å². The van der Waals surface area contributed by atoms with Crippen LogP contribution in [-0.2, 0) is 19.1 Å². The fourth-order valence-electron chi connectivity index (χ4n) is 4.54. The Morgan fingerprint density at radius 3 is 2.39 bits per heavy atom. The number of nitrogens with zero attached hydrogens (tertiary/aromatic N) is 2. The highest BCUT2D eigenvalue weighted by molar-refractivity contribution is 5.78. The van der Waals surface area contributed by atoms with Crippen LogP contribution in [0.1, 0.15) is 54.8 Å². The molecule has 0 bridgehead atoms. The van der Waals surface area contributed by atoms with E-state index in [9.17, 15) is 13.2 Å². The molecule has 0 aliphatic rings. The number of ether oxygens (including phenoxy) is 1. The molecule has 1 heterocycles. The van der Waals surface area contributed by atoms with Gasteiger partial charge in [-0.1, -0.05) is 75.9 Å². The zero-order valence-electron chi connectivity index (χ0n) is 20.8. The van der Waals surface area contributed by atoms with E-state index in [4.69, 9.17) is 9.72 Å². The van der Waals surface area contributed by atoms with Crippen LogP contribution in [-0.4, -0.2) is 16.2 Å². The molecule has 0 amide bonds. The Morgan fingerprint density at radius 2 is 1.72 bits per heavy atom. The van der Waals surface area contributed by atoms with Crippen LogP contribution in [0.25, 0.3) is 11.0 Å². The van der Waals surface area contributed by atoms with Gasteiger partial charge in [0.1, 0.15) is 18.2 Å². The van der Waals surface area contributed by atoms with E-state index in [0.717, 1.165) is 23.6 Å². The molecule has 3 aromatic carbocycles. The lowest BCUT2D eigenvalue weighted by molar-refractivity contribution is -0.138. The molecular formula is C30H31F3N2O. The third-order valence-electron chi connectivity index (χ3n) is 6.28. The highest BCUT2D eigenvalue weighted by Gasteiger charge is 2.33. The van der Waals surface area contributed by atoms with E-state index in [1.54, 1.807) is 12.1 Å². The molecule has 3 nitrogen and oxygen atoms in total. The van der Waals surface area contributed by atoms with Crippen molar-refractivity contribution in [1.82, 2.24) is 9.55 Å². The summed E-state index contributed by atoms with van der Waals surface area (Å²) in [6, 6.07) is 19.7. The van der Waals surface area contributed by atoms with Crippen LogP contribution in [0, 0.1) is 5.92 Å². The van der Waals surface area contributed by atoms with Crippen molar-refractivity contribution in [3.05, 3.63) is 107 Å². The summed E-state index contributed by atoms with van der Waals surface area (Å²) in [7, 11) is 0. The van der Waals surface area contributed by atoms with Crippen LogP contribution < -0.4 is 4.74 Å². The average Bonchev–Trinajstić information content (AvgIpc) is 3.19. The van der Waals surface area contributed by atoms with Gasteiger partial charge in [-0.25, -0.2) is 4.98 Å². The van der Waals surface area contributed by atoms with E-state index in [1.807, 2.05) is 29.7 Å². The van der Waals surface area contributed by atoms with Gasteiger partial charge in [0, 0.05) is 18.5 Å². The summed E-state index contributed by atoms with van der Waals surface area (Å²) >= 11 is 0. The minimum atomic E-state index is -4.43. The van der Waals surface area contributed by atoms with Crippen molar-refractivity contribution in [3.63, 3.8) is 0 Å². The number of hydrogen-bond donors (Lipinski definition) is 0. The molecule has 0 saturated heterocycles. The molecule has 36 heavy (non-hydrogen) atoms. The van der Waals surface area contributed by atoms with Crippen LogP contribution in [0.5, 0.6) is 5.75 Å². The second-order valence-electron chi connectivity index (χ2n) is 9.52. The number of alkyl halides is 3. The number of fused-ring (bicyclic) bond motifs is 1. The molecule has 1 unspecified atom stereocenters. The van der Waals surface area contributed by atoms with Gasteiger partial charge >= 0.3 is 6.18 Å². The molecule has 0 fully saturated rings. The van der Waals surface area contributed by atoms with Gasteiger partial charge in [0.05, 0.1) is 16.6 Å². The van der Waals surface area contributed by atoms with Crippen molar-refractivity contribution in [2.75, 3.05) is 6.61 Å². The van der Waals surface area contributed by atoms with E-state index in [1.165, 1.54) is 17.7 Å². The van der Waals surface area contributed by atoms with Crippen molar-refractivity contribution < 1.29 is 17.9 Å². The van der Waals surface area contributed by atoms with E-state index in [0.29, 0.717) is 29.6 Å². The number of aromatic nitrogens is 2. The van der Waals surface area contributed by atoms with Crippen LogP contribution in [0.3, 0.4) is 0 Å². The molecule has 1 aromatic heterocycles. The zero-order valence-corrected chi connectivity index (χ0v) is 20.8. The van der Waals surface area contributed by atoms with E-state index in [-0.39, 0.29) is 18.0 Å². The van der Waals surface area contributed by atoms with Gasteiger partial charge in [0.2, 0.25) is 0 Å². The third-order valence-corrected chi connectivity index (χ3v) is 6.28. The molecule has 0 saturated carbocycles. The fourth-order valence-corrected chi connectivity index (χ4v) is 4.54. The van der Waals surface area contributed by atoms with Crippen LogP contribution >= 0.6 is 0 Å². The fraction of sp³-hybridized carbons (Fsp3) is 0.300. The maximum absolute atomic E-state index is 13.8. The van der Waals surface area contributed by atoms with Gasteiger partial charge in [-0.15, -0.1) is 0 Å². The Balaban J connectivity index is 1.79. The van der Waals surface area contributed by atoms with Crippen molar-refractivity contribution >= 4 is 11.0 Å². The van der Waals surface area contributed by atoms with Gasteiger partial charge in [0.25, 0.3) is 0 Å². The monoisotopic (exact) mass is 492 g/mol. The molecule has 0 spiro atoms. The minimum absolute atomic E-state index is 0.0597. The summed E-state index contributed by atoms with van der Waals surface area (Å²) < 4.78 is 48.9. The molecule has 0 aliphatic heterocycles. The summed E-state index contributed by atoms with van der Waals surface area (Å²) in [4.78, 5) is 4.89. The summed E-state index contributed by atoms with van der Waals surface area (Å²) in [6.45, 7) is 10.5. The second-order valence-corrected chi connectivity index (χ2v) is 9.52. The Labute approximate surface area is 210 Å².